The van der Waals surface area contributed by atoms with Crippen LogP contribution in [0.25, 0.3) is 0 Å². The molecule has 0 saturated carbocycles. The van der Waals surface area contributed by atoms with E-state index in [0.717, 1.165) is 22.4 Å². The summed E-state index contributed by atoms with van der Waals surface area (Å²) < 4.78 is 5.30. The number of aryl methyl sites for hydroxylation is 2. The van der Waals surface area contributed by atoms with Crippen molar-refractivity contribution in [2.75, 3.05) is 7.11 Å². The molecule has 1 aromatic heterocycles. The zero-order valence-electron chi connectivity index (χ0n) is 10.8. The van der Waals surface area contributed by atoms with Gasteiger partial charge in [0.1, 0.15) is 11.9 Å². The van der Waals surface area contributed by atoms with Gasteiger partial charge in [0, 0.05) is 23.0 Å². The summed E-state index contributed by atoms with van der Waals surface area (Å²) in [5, 5.41) is 10.5. The van der Waals surface area contributed by atoms with E-state index < -0.39 is 6.10 Å². The monoisotopic (exact) mass is 243 g/mol. The first-order chi connectivity index (χ1) is 8.63. The predicted molar refractivity (Wildman–Crippen MR) is 70.8 cm³/mol. The minimum Gasteiger partial charge on any atom is -0.496 e. The van der Waals surface area contributed by atoms with Gasteiger partial charge in [-0.2, -0.15) is 0 Å². The predicted octanol–water partition coefficient (Wildman–Crippen LogP) is 2.79. The van der Waals surface area contributed by atoms with Crippen molar-refractivity contribution in [1.29, 1.82) is 0 Å². The SMILES string of the molecule is COc1ccc(C)cc1C(O)c1cccnc1C. The number of methoxy groups -OCH3 is 1. The van der Waals surface area contributed by atoms with Crippen LogP contribution in [0.2, 0.25) is 0 Å². The van der Waals surface area contributed by atoms with Crippen LogP contribution < -0.4 is 4.74 Å². The van der Waals surface area contributed by atoms with Crippen LogP contribution in [0.4, 0.5) is 0 Å². The normalized spacial score (nSPS) is 12.2. The van der Waals surface area contributed by atoms with E-state index in [4.69, 9.17) is 4.74 Å². The van der Waals surface area contributed by atoms with Gasteiger partial charge in [-0.05, 0) is 32.0 Å². The molecular weight excluding hydrogens is 226 g/mol. The smallest absolute Gasteiger partial charge is 0.125 e. The molecule has 2 rings (SSSR count). The maximum absolute atomic E-state index is 10.5. The Labute approximate surface area is 107 Å². The Morgan fingerprint density at radius 2 is 1.94 bits per heavy atom. The Morgan fingerprint density at radius 1 is 1.17 bits per heavy atom. The lowest BCUT2D eigenvalue weighted by molar-refractivity contribution is 0.213. The van der Waals surface area contributed by atoms with Gasteiger partial charge in [0.05, 0.1) is 7.11 Å². The fourth-order valence-corrected chi connectivity index (χ4v) is 2.02. The van der Waals surface area contributed by atoms with E-state index in [1.807, 2.05) is 44.2 Å². The summed E-state index contributed by atoms with van der Waals surface area (Å²) in [6.45, 7) is 3.88. The molecule has 18 heavy (non-hydrogen) atoms. The second-order valence-corrected chi connectivity index (χ2v) is 4.33. The molecule has 0 amide bonds. The highest BCUT2D eigenvalue weighted by Gasteiger charge is 2.17. The third kappa shape index (κ3) is 2.36. The molecule has 0 fully saturated rings. The van der Waals surface area contributed by atoms with Crippen molar-refractivity contribution < 1.29 is 9.84 Å². The van der Waals surface area contributed by atoms with Crippen molar-refractivity contribution in [3.05, 3.63) is 58.9 Å². The topological polar surface area (TPSA) is 42.4 Å². The number of ether oxygens (including phenoxy) is 1. The first-order valence-electron chi connectivity index (χ1n) is 5.87. The number of aromatic nitrogens is 1. The minimum absolute atomic E-state index is 0.691. The lowest BCUT2D eigenvalue weighted by Gasteiger charge is -2.17. The van der Waals surface area contributed by atoms with Crippen LogP contribution >= 0.6 is 0 Å². The number of rotatable bonds is 3. The van der Waals surface area contributed by atoms with Crippen molar-refractivity contribution in [3.8, 4) is 5.75 Å². The van der Waals surface area contributed by atoms with Crippen LogP contribution in [0.1, 0.15) is 28.5 Å². The molecule has 0 aliphatic carbocycles. The van der Waals surface area contributed by atoms with Crippen molar-refractivity contribution in [1.82, 2.24) is 4.98 Å². The average molecular weight is 243 g/mol. The van der Waals surface area contributed by atoms with Crippen LogP contribution in [0.5, 0.6) is 5.75 Å². The molecule has 3 heteroatoms. The third-order valence-electron chi connectivity index (χ3n) is 3.02. The van der Waals surface area contributed by atoms with E-state index in [0.29, 0.717) is 5.75 Å². The van der Waals surface area contributed by atoms with Gasteiger partial charge in [0.15, 0.2) is 0 Å². The molecule has 1 unspecified atom stereocenters. The summed E-state index contributed by atoms with van der Waals surface area (Å²) in [5.74, 6) is 0.691. The molecular formula is C15H17NO2. The first kappa shape index (κ1) is 12.6. The molecule has 0 aliphatic heterocycles. The molecule has 1 N–H and O–H groups in total. The van der Waals surface area contributed by atoms with Gasteiger partial charge in [-0.1, -0.05) is 17.7 Å². The maximum Gasteiger partial charge on any atom is 0.125 e. The van der Waals surface area contributed by atoms with Gasteiger partial charge in [-0.15, -0.1) is 0 Å². The number of nitrogens with zero attached hydrogens (tertiary/aromatic N) is 1. The molecule has 94 valence electrons. The van der Waals surface area contributed by atoms with Crippen molar-refractivity contribution in [3.63, 3.8) is 0 Å². The van der Waals surface area contributed by atoms with E-state index in [-0.39, 0.29) is 0 Å². The highest BCUT2D eigenvalue weighted by atomic mass is 16.5. The van der Waals surface area contributed by atoms with Gasteiger partial charge in [-0.3, -0.25) is 4.98 Å². The summed E-state index contributed by atoms with van der Waals surface area (Å²) in [4.78, 5) is 4.20. The largest absolute Gasteiger partial charge is 0.496 e. The zero-order chi connectivity index (χ0) is 13.1. The van der Waals surface area contributed by atoms with Gasteiger partial charge in [0.2, 0.25) is 0 Å². The molecule has 1 atom stereocenters. The average Bonchev–Trinajstić information content (AvgIpc) is 2.38. The van der Waals surface area contributed by atoms with E-state index in [1.165, 1.54) is 0 Å². The summed E-state index contributed by atoms with van der Waals surface area (Å²) >= 11 is 0. The van der Waals surface area contributed by atoms with E-state index in [1.54, 1.807) is 13.3 Å². The van der Waals surface area contributed by atoms with Crippen LogP contribution in [0.3, 0.4) is 0 Å². The highest BCUT2D eigenvalue weighted by molar-refractivity contribution is 5.43. The fraction of sp³-hybridized carbons (Fsp3) is 0.267. The number of hydrogen-bond donors (Lipinski definition) is 1. The van der Waals surface area contributed by atoms with Gasteiger partial charge in [0.25, 0.3) is 0 Å². The van der Waals surface area contributed by atoms with E-state index >= 15 is 0 Å². The molecule has 0 bridgehead atoms. The lowest BCUT2D eigenvalue weighted by Crippen LogP contribution is -2.05. The minimum atomic E-state index is -0.714. The van der Waals surface area contributed by atoms with Crippen molar-refractivity contribution >= 4 is 0 Å². The number of benzene rings is 1. The van der Waals surface area contributed by atoms with E-state index in [9.17, 15) is 5.11 Å². The standard InChI is InChI=1S/C15H17NO2/c1-10-6-7-14(18-3)13(9-10)15(17)12-5-4-8-16-11(12)2/h4-9,15,17H,1-3H3. The van der Waals surface area contributed by atoms with Crippen LogP contribution in [0.15, 0.2) is 36.5 Å². The third-order valence-corrected chi connectivity index (χ3v) is 3.02. The van der Waals surface area contributed by atoms with Gasteiger partial charge in [-0.25, -0.2) is 0 Å². The maximum atomic E-state index is 10.5. The van der Waals surface area contributed by atoms with Crippen LogP contribution in [-0.2, 0) is 0 Å². The fourth-order valence-electron chi connectivity index (χ4n) is 2.02. The van der Waals surface area contributed by atoms with Gasteiger partial charge >= 0.3 is 0 Å². The van der Waals surface area contributed by atoms with Crippen LogP contribution in [0, 0.1) is 13.8 Å². The molecule has 0 saturated heterocycles. The Kier molecular flexibility index (Phi) is 3.63. The Bertz CT molecular complexity index is 552. The summed E-state index contributed by atoms with van der Waals surface area (Å²) in [5.41, 5.74) is 3.50. The van der Waals surface area contributed by atoms with Crippen molar-refractivity contribution in [2.45, 2.75) is 20.0 Å². The van der Waals surface area contributed by atoms with E-state index in [2.05, 4.69) is 4.98 Å². The molecule has 2 aromatic rings. The molecule has 0 spiro atoms. The second-order valence-electron chi connectivity index (χ2n) is 4.33. The number of aliphatic hydroxyl groups is 1. The number of aliphatic hydroxyl groups excluding tert-OH is 1. The lowest BCUT2D eigenvalue weighted by atomic mass is 9.98. The second kappa shape index (κ2) is 5.19. The molecule has 1 aromatic carbocycles. The summed E-state index contributed by atoms with van der Waals surface area (Å²) in [7, 11) is 1.61. The molecule has 1 heterocycles. The summed E-state index contributed by atoms with van der Waals surface area (Å²) in [6, 6.07) is 9.49. The Morgan fingerprint density at radius 3 is 2.61 bits per heavy atom. The van der Waals surface area contributed by atoms with Gasteiger partial charge < -0.3 is 9.84 Å². The zero-order valence-corrected chi connectivity index (χ0v) is 10.8. The van der Waals surface area contributed by atoms with Crippen LogP contribution in [-0.4, -0.2) is 17.2 Å². The molecule has 0 aliphatic rings. The number of hydrogen-bond acceptors (Lipinski definition) is 3. The van der Waals surface area contributed by atoms with Crippen molar-refractivity contribution in [2.24, 2.45) is 0 Å². The molecule has 3 nitrogen and oxygen atoms in total. The summed E-state index contributed by atoms with van der Waals surface area (Å²) in [6.07, 6.45) is 1.01. The highest BCUT2D eigenvalue weighted by Crippen LogP contribution is 2.31. The Hall–Kier alpha value is -1.87. The Balaban J connectivity index is 2.48. The first-order valence-corrected chi connectivity index (χ1v) is 5.87. The number of pyridine rings is 1. The quantitative estimate of drug-likeness (QED) is 0.901. The molecule has 0 radical (unpaired) electrons.